The maximum Gasteiger partial charge on any atom is 0.159 e. The summed E-state index contributed by atoms with van der Waals surface area (Å²) in [4.78, 5) is 12.5. The van der Waals surface area contributed by atoms with Crippen molar-refractivity contribution in [2.24, 2.45) is 11.8 Å². The Morgan fingerprint density at radius 1 is 1.04 bits per heavy atom. The summed E-state index contributed by atoms with van der Waals surface area (Å²) in [5.74, 6) is 2.12. The second-order valence-electron chi connectivity index (χ2n) is 8.20. The van der Waals surface area contributed by atoms with Gasteiger partial charge in [0.05, 0.1) is 6.61 Å². The zero-order valence-electron chi connectivity index (χ0n) is 17.6. The van der Waals surface area contributed by atoms with Gasteiger partial charge in [0.1, 0.15) is 5.75 Å². The largest absolute Gasteiger partial charge is 0.494 e. The van der Waals surface area contributed by atoms with E-state index in [-0.39, 0.29) is 5.92 Å². The molecule has 0 saturated carbocycles. The fourth-order valence-corrected chi connectivity index (χ4v) is 3.79. The first kappa shape index (κ1) is 21.7. The van der Waals surface area contributed by atoms with Gasteiger partial charge in [0.2, 0.25) is 0 Å². The molecule has 0 amide bonds. The van der Waals surface area contributed by atoms with Crippen LogP contribution in [0.15, 0.2) is 30.3 Å². The van der Waals surface area contributed by atoms with E-state index < -0.39 is 0 Å². The smallest absolute Gasteiger partial charge is 0.159 e. The summed E-state index contributed by atoms with van der Waals surface area (Å²) in [6, 6.07) is 8.29. The van der Waals surface area contributed by atoms with Crippen LogP contribution >= 0.6 is 0 Å². The van der Waals surface area contributed by atoms with Gasteiger partial charge in [-0.2, -0.15) is 0 Å². The first-order chi connectivity index (χ1) is 13.1. The molecule has 2 rings (SSSR count). The standard InChI is InChI=1S/C25H38O2/c1-4-6-7-8-9-10-17-27-24-15-13-21(14-16-24)22-11-12-23(25(26)19-22)18-20(3)5-2/h13-16,19-20,23H,4-12,17-18H2,1-3H3. The van der Waals surface area contributed by atoms with Gasteiger partial charge in [-0.15, -0.1) is 0 Å². The van der Waals surface area contributed by atoms with Gasteiger partial charge in [0, 0.05) is 5.92 Å². The van der Waals surface area contributed by atoms with Gasteiger partial charge in [-0.3, -0.25) is 4.79 Å². The number of ketones is 1. The van der Waals surface area contributed by atoms with Gasteiger partial charge in [0.25, 0.3) is 0 Å². The van der Waals surface area contributed by atoms with Crippen LogP contribution in [0.1, 0.15) is 90.5 Å². The minimum absolute atomic E-state index is 0.226. The predicted molar refractivity (Wildman–Crippen MR) is 115 cm³/mol. The second kappa shape index (κ2) is 12.0. The number of rotatable bonds is 12. The van der Waals surface area contributed by atoms with Crippen molar-refractivity contribution in [3.05, 3.63) is 35.9 Å². The van der Waals surface area contributed by atoms with E-state index in [1.807, 2.05) is 18.2 Å². The SMILES string of the molecule is CCCCCCCCOc1ccc(C2=CC(=O)C(CC(C)CC)CC2)cc1. The fourth-order valence-electron chi connectivity index (χ4n) is 3.79. The topological polar surface area (TPSA) is 26.3 Å². The maximum absolute atomic E-state index is 12.5. The fraction of sp³-hybridized carbons (Fsp3) is 0.640. The van der Waals surface area contributed by atoms with Gasteiger partial charge in [-0.25, -0.2) is 0 Å². The van der Waals surface area contributed by atoms with Gasteiger partial charge < -0.3 is 4.74 Å². The van der Waals surface area contributed by atoms with Crippen molar-refractivity contribution < 1.29 is 9.53 Å². The third-order valence-corrected chi connectivity index (χ3v) is 5.86. The highest BCUT2D eigenvalue weighted by Gasteiger charge is 2.24. The second-order valence-corrected chi connectivity index (χ2v) is 8.20. The molecule has 0 fully saturated rings. The van der Waals surface area contributed by atoms with Gasteiger partial charge in [-0.05, 0) is 60.9 Å². The minimum Gasteiger partial charge on any atom is -0.494 e. The monoisotopic (exact) mass is 370 g/mol. The van der Waals surface area contributed by atoms with Crippen LogP contribution in [0.5, 0.6) is 5.75 Å². The zero-order chi connectivity index (χ0) is 19.5. The Hall–Kier alpha value is -1.57. The number of carbonyl (C=O) groups is 1. The Bertz CT molecular complexity index is 585. The molecule has 0 saturated heterocycles. The van der Waals surface area contributed by atoms with E-state index in [1.54, 1.807) is 0 Å². The van der Waals surface area contributed by atoms with Crippen LogP contribution in [0, 0.1) is 11.8 Å². The van der Waals surface area contributed by atoms with Crippen LogP contribution in [0.3, 0.4) is 0 Å². The molecule has 0 aliphatic heterocycles. The molecule has 0 N–H and O–H groups in total. The van der Waals surface area contributed by atoms with Gasteiger partial charge in [0.15, 0.2) is 5.78 Å². The Morgan fingerprint density at radius 3 is 2.41 bits per heavy atom. The van der Waals surface area contributed by atoms with E-state index in [0.717, 1.165) is 50.0 Å². The number of allylic oxidation sites excluding steroid dienone is 2. The molecule has 1 aliphatic rings. The molecule has 27 heavy (non-hydrogen) atoms. The van der Waals surface area contributed by atoms with Crippen LogP contribution < -0.4 is 4.74 Å². The Balaban J connectivity index is 1.78. The molecule has 2 nitrogen and oxygen atoms in total. The molecule has 1 aromatic rings. The van der Waals surface area contributed by atoms with E-state index >= 15 is 0 Å². The van der Waals surface area contributed by atoms with E-state index in [0.29, 0.717) is 11.7 Å². The molecule has 0 heterocycles. The average molecular weight is 371 g/mol. The normalized spacial score (nSPS) is 18.3. The Kier molecular flexibility index (Phi) is 9.66. The molecule has 2 atom stereocenters. The Labute approximate surface area is 166 Å². The molecule has 0 aromatic heterocycles. The van der Waals surface area contributed by atoms with Crippen molar-refractivity contribution in [2.45, 2.75) is 85.0 Å². The molecule has 2 unspecified atom stereocenters. The molecule has 150 valence electrons. The van der Waals surface area contributed by atoms with E-state index in [2.05, 4.69) is 32.9 Å². The number of unbranched alkanes of at least 4 members (excludes halogenated alkanes) is 5. The van der Waals surface area contributed by atoms with Gasteiger partial charge in [-0.1, -0.05) is 71.4 Å². The molecule has 0 bridgehead atoms. The lowest BCUT2D eigenvalue weighted by Crippen LogP contribution is -2.19. The van der Waals surface area contributed by atoms with Crippen molar-refractivity contribution in [1.82, 2.24) is 0 Å². The first-order valence-corrected chi connectivity index (χ1v) is 11.1. The number of hydrogen-bond donors (Lipinski definition) is 0. The highest BCUT2D eigenvalue weighted by atomic mass is 16.5. The third-order valence-electron chi connectivity index (χ3n) is 5.86. The van der Waals surface area contributed by atoms with E-state index in [4.69, 9.17) is 4.74 Å². The van der Waals surface area contributed by atoms with Crippen molar-refractivity contribution >= 4 is 11.4 Å². The van der Waals surface area contributed by atoms with E-state index in [9.17, 15) is 4.79 Å². The summed E-state index contributed by atoms with van der Waals surface area (Å²) >= 11 is 0. The lowest BCUT2D eigenvalue weighted by Gasteiger charge is -2.23. The number of hydrogen-bond acceptors (Lipinski definition) is 2. The molecule has 1 aliphatic carbocycles. The first-order valence-electron chi connectivity index (χ1n) is 11.1. The molecule has 0 radical (unpaired) electrons. The molecular formula is C25H38O2. The van der Waals surface area contributed by atoms with E-state index in [1.165, 1.54) is 37.7 Å². The number of carbonyl (C=O) groups excluding carboxylic acids is 1. The van der Waals surface area contributed by atoms with Gasteiger partial charge >= 0.3 is 0 Å². The summed E-state index contributed by atoms with van der Waals surface area (Å²) in [6.07, 6.45) is 13.8. The van der Waals surface area contributed by atoms with Crippen molar-refractivity contribution in [3.8, 4) is 5.75 Å². The highest BCUT2D eigenvalue weighted by Crippen LogP contribution is 2.32. The number of benzene rings is 1. The molecule has 1 aromatic carbocycles. The van der Waals surface area contributed by atoms with Crippen molar-refractivity contribution in [1.29, 1.82) is 0 Å². The molecule has 0 spiro atoms. The number of ether oxygens (including phenoxy) is 1. The molecule has 2 heteroatoms. The summed E-state index contributed by atoms with van der Waals surface area (Å²) in [5.41, 5.74) is 2.35. The summed E-state index contributed by atoms with van der Waals surface area (Å²) in [6.45, 7) is 7.49. The molecular weight excluding hydrogens is 332 g/mol. The van der Waals surface area contributed by atoms with Crippen LogP contribution in [0.4, 0.5) is 0 Å². The van der Waals surface area contributed by atoms with Crippen LogP contribution in [0.2, 0.25) is 0 Å². The lowest BCUT2D eigenvalue weighted by molar-refractivity contribution is -0.119. The van der Waals surface area contributed by atoms with Crippen molar-refractivity contribution in [3.63, 3.8) is 0 Å². The van der Waals surface area contributed by atoms with Crippen LogP contribution in [-0.2, 0) is 4.79 Å². The predicted octanol–water partition coefficient (Wildman–Crippen LogP) is 7.22. The lowest BCUT2D eigenvalue weighted by atomic mass is 9.81. The quantitative estimate of drug-likeness (QED) is 0.363. The Morgan fingerprint density at radius 2 is 1.74 bits per heavy atom. The highest BCUT2D eigenvalue weighted by molar-refractivity contribution is 6.00. The minimum atomic E-state index is 0.226. The summed E-state index contributed by atoms with van der Waals surface area (Å²) in [7, 11) is 0. The average Bonchev–Trinajstić information content (AvgIpc) is 2.69. The maximum atomic E-state index is 12.5. The van der Waals surface area contributed by atoms with Crippen LogP contribution in [-0.4, -0.2) is 12.4 Å². The zero-order valence-corrected chi connectivity index (χ0v) is 17.6. The summed E-state index contributed by atoms with van der Waals surface area (Å²) in [5, 5.41) is 0. The third kappa shape index (κ3) is 7.52. The van der Waals surface area contributed by atoms with Crippen LogP contribution in [0.25, 0.3) is 5.57 Å². The summed E-state index contributed by atoms with van der Waals surface area (Å²) < 4.78 is 5.86. The van der Waals surface area contributed by atoms with Crippen molar-refractivity contribution in [2.75, 3.05) is 6.61 Å².